The normalized spacial score (nSPS) is 15.4. The Balaban J connectivity index is 0.000000212. The summed E-state index contributed by atoms with van der Waals surface area (Å²) < 4.78 is 66.0. The van der Waals surface area contributed by atoms with E-state index in [1.54, 1.807) is 35.7 Å². The van der Waals surface area contributed by atoms with Crippen molar-refractivity contribution >= 4 is 105 Å². The molecule has 4 aliphatic heterocycles. The lowest BCUT2D eigenvalue weighted by Crippen LogP contribution is -2.48. The van der Waals surface area contributed by atoms with Crippen molar-refractivity contribution in [2.45, 2.75) is 63.8 Å². The largest absolute Gasteiger partial charge is 0.491 e. The van der Waals surface area contributed by atoms with E-state index in [-0.39, 0.29) is 72.3 Å². The van der Waals surface area contributed by atoms with E-state index in [9.17, 15) is 38.4 Å². The summed E-state index contributed by atoms with van der Waals surface area (Å²) in [6.07, 6.45) is 0.942. The van der Waals surface area contributed by atoms with Crippen LogP contribution < -0.4 is 50.4 Å². The van der Waals surface area contributed by atoms with Crippen LogP contribution in [0.3, 0.4) is 0 Å². The summed E-state index contributed by atoms with van der Waals surface area (Å²) in [4.78, 5) is 104. The first-order valence-electron chi connectivity index (χ1n) is 33.1. The number of fused-ring (bicyclic) bond motifs is 5. The van der Waals surface area contributed by atoms with Crippen LogP contribution in [0.5, 0.6) is 23.0 Å². The molecule has 1 aliphatic carbocycles. The molecule has 0 spiro atoms. The molecular formula is C73H85N7O20S2. The number of carbonyl (C=O) groups excluding carboxylic acids is 8. The van der Waals surface area contributed by atoms with Gasteiger partial charge in [0.15, 0.2) is 5.78 Å². The molecule has 29 heteroatoms. The van der Waals surface area contributed by atoms with E-state index in [2.05, 4.69) is 62.1 Å². The number of Topliss-reactive ketones (excluding diaryl/α,β-unsaturated/α-hetero) is 2. The highest BCUT2D eigenvalue weighted by molar-refractivity contribution is 8.00. The third-order valence-corrected chi connectivity index (χ3v) is 18.3. The number of ether oxygens (including phenoxy) is 12. The number of amides is 4. The number of nitrogens with two attached hydrogens (primary N) is 1. The van der Waals surface area contributed by atoms with Crippen molar-refractivity contribution in [3.63, 3.8) is 0 Å². The molecule has 4 heterocycles. The van der Waals surface area contributed by atoms with E-state index in [1.165, 1.54) is 48.3 Å². The Morgan fingerprint density at radius 2 is 0.843 bits per heavy atom. The molecule has 1 saturated heterocycles. The summed E-state index contributed by atoms with van der Waals surface area (Å²) in [5.74, 6) is -1.07. The Labute approximate surface area is 599 Å². The molecule has 102 heavy (non-hydrogen) atoms. The topological polar surface area (TPSA) is 319 Å². The second-order valence-corrected chi connectivity index (χ2v) is 25.8. The quantitative estimate of drug-likeness (QED) is 0.0129. The number of benzene rings is 6. The average Bonchev–Trinajstić information content (AvgIpc) is 1.59. The van der Waals surface area contributed by atoms with Gasteiger partial charge in [-0.05, 0) is 122 Å². The summed E-state index contributed by atoms with van der Waals surface area (Å²) >= 11 is 3.45. The highest BCUT2D eigenvalue weighted by Crippen LogP contribution is 2.48. The van der Waals surface area contributed by atoms with Crippen LogP contribution in [-0.2, 0) is 57.1 Å². The predicted octanol–water partition coefficient (Wildman–Crippen LogP) is 8.55. The first kappa shape index (κ1) is 76.9. The average molecular weight is 1440 g/mol. The van der Waals surface area contributed by atoms with E-state index in [0.29, 0.717) is 117 Å². The lowest BCUT2D eigenvalue weighted by molar-refractivity contribution is -0.135. The monoisotopic (exact) mass is 1440 g/mol. The van der Waals surface area contributed by atoms with Crippen LogP contribution in [0.15, 0.2) is 129 Å². The highest BCUT2D eigenvalue weighted by Gasteiger charge is 2.44. The van der Waals surface area contributed by atoms with Crippen molar-refractivity contribution in [3.8, 4) is 23.0 Å². The molecule has 27 nitrogen and oxygen atoms in total. The Morgan fingerprint density at radius 1 is 0.451 bits per heavy atom. The van der Waals surface area contributed by atoms with Crippen molar-refractivity contribution in [1.29, 1.82) is 0 Å². The molecule has 6 aromatic rings. The molecule has 544 valence electrons. The summed E-state index contributed by atoms with van der Waals surface area (Å²) in [5.41, 5.74) is 12.5. The summed E-state index contributed by atoms with van der Waals surface area (Å²) in [6.45, 7) is 6.22. The predicted molar refractivity (Wildman–Crippen MR) is 380 cm³/mol. The molecule has 0 aromatic heterocycles. The SMILES string of the molecule is CN(C)c1ccc2c(c1)Sc1cc(OCCOCCOCCOCCOc3ccc4c(c3)C(=O)N(C3CCC(=O)CC3=O)C4=O)ccc1N2.COC(=O)c1ccc(OCCOCCOCCOCCOc2ccc3c(c2)Sc2cc(N(C)C)ccc2N3)cc1C(=O)OC.NC1CCC(=O)NC1=O. The smallest absolute Gasteiger partial charge is 0.338 e. The molecule has 4 amide bonds. The minimum Gasteiger partial charge on any atom is -0.491 e. The maximum Gasteiger partial charge on any atom is 0.338 e. The third kappa shape index (κ3) is 21.9. The second-order valence-electron chi connectivity index (χ2n) is 23.7. The van der Waals surface area contributed by atoms with E-state index >= 15 is 0 Å². The number of carbonyl (C=O) groups is 8. The van der Waals surface area contributed by atoms with Crippen LogP contribution in [0.25, 0.3) is 0 Å². The van der Waals surface area contributed by atoms with Gasteiger partial charge in [0.05, 0.1) is 157 Å². The lowest BCUT2D eigenvalue weighted by atomic mass is 9.92. The fourth-order valence-corrected chi connectivity index (χ4v) is 12.7. The fraction of sp³-hybridized carbons (Fsp3) is 0.397. The van der Waals surface area contributed by atoms with Gasteiger partial charge in [0.25, 0.3) is 11.8 Å². The van der Waals surface area contributed by atoms with Crippen LogP contribution in [0.2, 0.25) is 0 Å². The molecule has 2 unspecified atom stereocenters. The maximum absolute atomic E-state index is 13.0. The third-order valence-electron chi connectivity index (χ3n) is 16.0. The zero-order chi connectivity index (χ0) is 72.5. The maximum atomic E-state index is 13.0. The number of nitrogens with one attached hydrogen (secondary N) is 3. The summed E-state index contributed by atoms with van der Waals surface area (Å²) in [6, 6.07) is 32.6. The second kappa shape index (κ2) is 38.7. The number of nitrogens with zero attached hydrogens (tertiary/aromatic N) is 3. The molecule has 11 rings (SSSR count). The van der Waals surface area contributed by atoms with Gasteiger partial charge in [0.2, 0.25) is 11.8 Å². The lowest BCUT2D eigenvalue weighted by Gasteiger charge is -2.27. The standard InChI is InChI=1S/C36H39N3O9S.C32H38N2O9S.C5H8N2O2/c1-38(2)23-3-8-29-33(19-23)49-34-22-26(6-9-30(34)37-29)48-18-16-46-14-12-44-11-13-45-15-17-47-25-5-7-27-28(21-25)36(43)39(35(27)42)31-10-4-24(40)20-32(31)41;1-34(2)22-5-9-27-29(19-22)44-30-21-24(7-10-28(30)33-27)43-18-16-41-14-12-39-11-13-40-15-17-42-23-6-8-25(31(35)37-3)26(20-23)32(36)38-4;6-3-1-2-4(8)7-5(3)9/h3,5-9,19,21-22,31,37H,4,10-18,20H2,1-2H3;5-10,19-21,33H,11-18H2,1-4H3;3H,1-2,6H2,(H,7,8,9). The Hall–Kier alpha value is -9.30. The van der Waals surface area contributed by atoms with Crippen molar-refractivity contribution in [3.05, 3.63) is 131 Å². The van der Waals surface area contributed by atoms with Gasteiger partial charge in [-0.15, -0.1) is 0 Å². The number of ketones is 2. The van der Waals surface area contributed by atoms with Gasteiger partial charge in [0.1, 0.15) is 55.2 Å². The molecule has 0 bridgehead atoms. The molecule has 2 atom stereocenters. The van der Waals surface area contributed by atoms with E-state index in [4.69, 9.17) is 62.6 Å². The number of rotatable bonds is 33. The van der Waals surface area contributed by atoms with Crippen molar-refractivity contribution in [1.82, 2.24) is 10.2 Å². The number of piperidine rings is 1. The van der Waals surface area contributed by atoms with Gasteiger partial charge < -0.3 is 83.0 Å². The van der Waals surface area contributed by atoms with Crippen molar-refractivity contribution in [2.75, 3.05) is 169 Å². The van der Waals surface area contributed by atoms with Gasteiger partial charge in [-0.3, -0.25) is 39.0 Å². The number of anilines is 6. The fourth-order valence-electron chi connectivity index (χ4n) is 10.6. The van der Waals surface area contributed by atoms with Gasteiger partial charge >= 0.3 is 11.9 Å². The van der Waals surface area contributed by atoms with Gasteiger partial charge in [0, 0.05) is 72.0 Å². The Bertz CT molecular complexity index is 3950. The number of hydrogen-bond acceptors (Lipinski definition) is 27. The van der Waals surface area contributed by atoms with Crippen LogP contribution in [0.1, 0.15) is 73.5 Å². The first-order chi connectivity index (χ1) is 49.4. The zero-order valence-corrected chi connectivity index (χ0v) is 59.4. The molecule has 1 saturated carbocycles. The van der Waals surface area contributed by atoms with Crippen LogP contribution in [0, 0.1) is 0 Å². The number of esters is 2. The molecule has 5 N–H and O–H groups in total. The molecule has 6 aromatic carbocycles. The Morgan fingerprint density at radius 3 is 1.27 bits per heavy atom. The van der Waals surface area contributed by atoms with E-state index in [1.807, 2.05) is 64.6 Å². The number of methoxy groups -OCH3 is 2. The minimum absolute atomic E-state index is 0.0700. The van der Waals surface area contributed by atoms with E-state index in [0.717, 1.165) is 60.3 Å². The number of hydrogen-bond donors (Lipinski definition) is 4. The summed E-state index contributed by atoms with van der Waals surface area (Å²) in [5, 5.41) is 9.11. The molecular weight excluding hydrogens is 1360 g/mol. The van der Waals surface area contributed by atoms with Crippen molar-refractivity contribution < 1.29 is 95.2 Å². The molecule has 2 fully saturated rings. The van der Waals surface area contributed by atoms with Crippen molar-refractivity contribution in [2.24, 2.45) is 5.73 Å². The van der Waals surface area contributed by atoms with E-state index < -0.39 is 41.6 Å². The minimum atomic E-state index is -0.897. The van der Waals surface area contributed by atoms with Crippen LogP contribution in [0.4, 0.5) is 34.1 Å². The van der Waals surface area contributed by atoms with Gasteiger partial charge in [-0.1, -0.05) is 23.5 Å². The van der Waals surface area contributed by atoms with Gasteiger partial charge in [-0.2, -0.15) is 0 Å². The molecule has 0 radical (unpaired) electrons. The van der Waals surface area contributed by atoms with Crippen LogP contribution >= 0.6 is 23.5 Å². The first-order valence-corrected chi connectivity index (χ1v) is 34.8. The molecule has 5 aliphatic rings. The number of imide groups is 2. The zero-order valence-electron chi connectivity index (χ0n) is 57.8. The van der Waals surface area contributed by atoms with Crippen LogP contribution in [-0.4, -0.2) is 212 Å². The Kier molecular flexibility index (Phi) is 29.1. The van der Waals surface area contributed by atoms with Gasteiger partial charge in [-0.25, -0.2) is 9.59 Å². The summed E-state index contributed by atoms with van der Waals surface area (Å²) in [7, 11) is 10.6. The highest BCUT2D eigenvalue weighted by atomic mass is 32.2.